The van der Waals surface area contributed by atoms with Crippen LogP contribution in [-0.4, -0.2) is 16.1 Å². The van der Waals surface area contributed by atoms with E-state index in [4.69, 9.17) is 11.6 Å². The topological polar surface area (TPSA) is 54.9 Å². The van der Waals surface area contributed by atoms with E-state index in [0.29, 0.717) is 15.7 Å². The summed E-state index contributed by atoms with van der Waals surface area (Å²) in [6.07, 6.45) is 1.79. The number of benzene rings is 2. The molecule has 0 spiro atoms. The average molecular weight is 435 g/mol. The van der Waals surface area contributed by atoms with E-state index >= 15 is 0 Å². The third-order valence-electron chi connectivity index (χ3n) is 3.30. The van der Waals surface area contributed by atoms with Crippen LogP contribution in [0.3, 0.4) is 0 Å². The van der Waals surface area contributed by atoms with Crippen LogP contribution in [0.5, 0.6) is 0 Å². The van der Waals surface area contributed by atoms with Crippen LogP contribution in [0.2, 0.25) is 0 Å². The summed E-state index contributed by atoms with van der Waals surface area (Å²) in [7, 11) is 0. The van der Waals surface area contributed by atoms with E-state index in [1.54, 1.807) is 6.08 Å². The van der Waals surface area contributed by atoms with Crippen LogP contribution in [0.1, 0.15) is 25.9 Å². The van der Waals surface area contributed by atoms with Gasteiger partial charge in [0.2, 0.25) is 5.01 Å². The molecule has 0 aliphatic rings. The second-order valence-electron chi connectivity index (χ2n) is 5.28. The monoisotopic (exact) mass is 433 g/mol. The summed E-state index contributed by atoms with van der Waals surface area (Å²) in [6.45, 7) is 1.99. The molecule has 0 bridgehead atoms. The molecule has 0 radical (unpaired) electrons. The number of hydrogen-bond acceptors (Lipinski definition) is 4. The lowest BCUT2D eigenvalue weighted by molar-refractivity contribution is 0.102. The van der Waals surface area contributed by atoms with Gasteiger partial charge in [-0.3, -0.25) is 4.79 Å². The van der Waals surface area contributed by atoms with Crippen LogP contribution in [0, 0.1) is 6.92 Å². The SMILES string of the molecule is Cc1ccc(NC(=O)c2nnc(/C(Cl)=C/c3ccc(Br)cc3)s2)cc1. The minimum atomic E-state index is -0.305. The van der Waals surface area contributed by atoms with Crippen LogP contribution >= 0.6 is 38.9 Å². The highest BCUT2D eigenvalue weighted by Crippen LogP contribution is 2.26. The maximum absolute atomic E-state index is 12.3. The molecule has 1 N–H and O–H groups in total. The smallest absolute Gasteiger partial charge is 0.286 e. The molecule has 126 valence electrons. The molecule has 0 aliphatic carbocycles. The van der Waals surface area contributed by atoms with E-state index in [2.05, 4.69) is 31.4 Å². The first kappa shape index (κ1) is 17.8. The van der Waals surface area contributed by atoms with Crippen LogP contribution < -0.4 is 5.32 Å². The van der Waals surface area contributed by atoms with Gasteiger partial charge in [0.15, 0.2) is 5.01 Å². The highest BCUT2D eigenvalue weighted by atomic mass is 79.9. The van der Waals surface area contributed by atoms with Crippen LogP contribution in [0.4, 0.5) is 5.69 Å². The quantitative estimate of drug-likeness (QED) is 0.581. The Bertz CT molecular complexity index is 920. The predicted molar refractivity (Wildman–Crippen MR) is 107 cm³/mol. The van der Waals surface area contributed by atoms with Crippen molar-refractivity contribution in [1.82, 2.24) is 10.2 Å². The van der Waals surface area contributed by atoms with Crippen molar-refractivity contribution in [1.29, 1.82) is 0 Å². The molecular formula is C18H13BrClN3OS. The van der Waals surface area contributed by atoms with Gasteiger partial charge in [-0.1, -0.05) is 68.7 Å². The number of rotatable bonds is 4. The maximum Gasteiger partial charge on any atom is 0.286 e. The lowest BCUT2D eigenvalue weighted by atomic mass is 10.2. The van der Waals surface area contributed by atoms with Crippen molar-refractivity contribution in [3.8, 4) is 0 Å². The normalized spacial score (nSPS) is 11.4. The van der Waals surface area contributed by atoms with E-state index < -0.39 is 0 Å². The van der Waals surface area contributed by atoms with E-state index in [-0.39, 0.29) is 10.9 Å². The van der Waals surface area contributed by atoms with Gasteiger partial charge in [-0.15, -0.1) is 10.2 Å². The lowest BCUT2D eigenvalue weighted by Crippen LogP contribution is -2.11. The number of halogens is 2. The molecule has 1 amide bonds. The molecule has 7 heteroatoms. The van der Waals surface area contributed by atoms with Crippen molar-refractivity contribution in [2.75, 3.05) is 5.32 Å². The zero-order valence-corrected chi connectivity index (χ0v) is 16.3. The first-order valence-electron chi connectivity index (χ1n) is 7.36. The van der Waals surface area contributed by atoms with Crippen molar-refractivity contribution in [2.24, 2.45) is 0 Å². The van der Waals surface area contributed by atoms with E-state index in [0.717, 1.165) is 26.9 Å². The molecule has 0 saturated carbocycles. The number of aromatic nitrogens is 2. The van der Waals surface area contributed by atoms with Gasteiger partial charge in [0, 0.05) is 10.2 Å². The van der Waals surface area contributed by atoms with Gasteiger partial charge in [0.25, 0.3) is 5.91 Å². The minimum Gasteiger partial charge on any atom is -0.320 e. The molecule has 0 saturated heterocycles. The van der Waals surface area contributed by atoms with Gasteiger partial charge in [0.05, 0.1) is 5.03 Å². The van der Waals surface area contributed by atoms with Crippen molar-refractivity contribution in [3.63, 3.8) is 0 Å². The van der Waals surface area contributed by atoms with Crippen LogP contribution in [0.15, 0.2) is 53.0 Å². The fraction of sp³-hybridized carbons (Fsp3) is 0.0556. The Hall–Kier alpha value is -2.02. The second kappa shape index (κ2) is 7.91. The summed E-state index contributed by atoms with van der Waals surface area (Å²) in [5, 5.41) is 11.9. The fourth-order valence-electron chi connectivity index (χ4n) is 2.00. The molecule has 1 aromatic heterocycles. The van der Waals surface area contributed by atoms with E-state index in [1.165, 1.54) is 0 Å². The van der Waals surface area contributed by atoms with Gasteiger partial charge in [0.1, 0.15) is 0 Å². The Morgan fingerprint density at radius 2 is 1.72 bits per heavy atom. The van der Waals surface area contributed by atoms with Gasteiger partial charge < -0.3 is 5.32 Å². The number of nitrogens with zero attached hydrogens (tertiary/aromatic N) is 2. The lowest BCUT2D eigenvalue weighted by Gasteiger charge is -2.02. The average Bonchev–Trinajstić information content (AvgIpc) is 3.09. The highest BCUT2D eigenvalue weighted by molar-refractivity contribution is 9.10. The molecule has 0 unspecified atom stereocenters. The van der Waals surface area contributed by atoms with Crippen molar-refractivity contribution in [2.45, 2.75) is 6.92 Å². The number of aryl methyl sites for hydroxylation is 1. The van der Waals surface area contributed by atoms with Crippen LogP contribution in [-0.2, 0) is 0 Å². The zero-order valence-electron chi connectivity index (χ0n) is 13.2. The third-order valence-corrected chi connectivity index (χ3v) is 5.18. The van der Waals surface area contributed by atoms with Crippen molar-refractivity contribution >= 4 is 61.6 Å². The molecule has 3 rings (SSSR count). The number of hydrogen-bond donors (Lipinski definition) is 1. The fourth-order valence-corrected chi connectivity index (χ4v) is 3.19. The summed E-state index contributed by atoms with van der Waals surface area (Å²) in [4.78, 5) is 12.3. The number of carbonyl (C=O) groups is 1. The molecule has 3 aromatic rings. The number of carbonyl (C=O) groups excluding carboxylic acids is 1. The molecule has 0 fully saturated rings. The minimum absolute atomic E-state index is 0.262. The second-order valence-corrected chi connectivity index (χ2v) is 7.58. The zero-order chi connectivity index (χ0) is 17.8. The van der Waals surface area contributed by atoms with Crippen LogP contribution in [0.25, 0.3) is 11.1 Å². The van der Waals surface area contributed by atoms with Gasteiger partial charge >= 0.3 is 0 Å². The first-order chi connectivity index (χ1) is 12.0. The Morgan fingerprint density at radius 3 is 2.40 bits per heavy atom. The summed E-state index contributed by atoms with van der Waals surface area (Å²) >= 11 is 10.8. The molecule has 1 heterocycles. The third kappa shape index (κ3) is 4.75. The first-order valence-corrected chi connectivity index (χ1v) is 9.35. The predicted octanol–water partition coefficient (Wildman–Crippen LogP) is 5.60. The highest BCUT2D eigenvalue weighted by Gasteiger charge is 2.14. The van der Waals surface area contributed by atoms with Gasteiger partial charge in [-0.05, 0) is 42.8 Å². The van der Waals surface area contributed by atoms with Crippen molar-refractivity contribution < 1.29 is 4.79 Å². The van der Waals surface area contributed by atoms with Gasteiger partial charge in [-0.2, -0.15) is 0 Å². The molecule has 2 aromatic carbocycles. The molecule has 0 atom stereocenters. The summed E-state index contributed by atoms with van der Waals surface area (Å²) in [5.74, 6) is -0.305. The maximum atomic E-state index is 12.3. The molecule has 25 heavy (non-hydrogen) atoms. The largest absolute Gasteiger partial charge is 0.320 e. The Labute approximate surface area is 162 Å². The molecule has 4 nitrogen and oxygen atoms in total. The van der Waals surface area contributed by atoms with Crippen molar-refractivity contribution in [3.05, 3.63) is 74.1 Å². The van der Waals surface area contributed by atoms with E-state index in [9.17, 15) is 4.79 Å². The molecule has 0 aliphatic heterocycles. The summed E-state index contributed by atoms with van der Waals surface area (Å²) in [5.41, 5.74) is 2.78. The Kier molecular flexibility index (Phi) is 5.63. The Balaban J connectivity index is 1.73. The summed E-state index contributed by atoms with van der Waals surface area (Å²) < 4.78 is 0.992. The number of nitrogens with one attached hydrogen (secondary N) is 1. The standard InChI is InChI=1S/C18H13BrClN3OS/c1-11-2-8-14(9-3-11)21-16(24)18-23-22-17(25-18)15(20)10-12-4-6-13(19)7-5-12/h2-10H,1H3,(H,21,24)/b15-10-. The Morgan fingerprint density at radius 1 is 1.08 bits per heavy atom. The number of amides is 1. The molecular weight excluding hydrogens is 422 g/mol. The van der Waals surface area contributed by atoms with E-state index in [1.807, 2.05) is 55.5 Å². The number of anilines is 1. The van der Waals surface area contributed by atoms with Gasteiger partial charge in [-0.25, -0.2) is 0 Å². The summed E-state index contributed by atoms with van der Waals surface area (Å²) in [6, 6.07) is 15.3.